The first-order valence-electron chi connectivity index (χ1n) is 5.78. The van der Waals surface area contributed by atoms with Crippen LogP contribution in [-0.4, -0.2) is 22.0 Å². The van der Waals surface area contributed by atoms with Gasteiger partial charge in [-0.25, -0.2) is 4.98 Å². The van der Waals surface area contributed by atoms with Crippen molar-refractivity contribution in [3.05, 3.63) is 16.1 Å². The maximum atomic E-state index is 11.9. The van der Waals surface area contributed by atoms with Crippen LogP contribution in [0.25, 0.3) is 0 Å². The van der Waals surface area contributed by atoms with Crippen molar-refractivity contribution >= 4 is 23.2 Å². The summed E-state index contributed by atoms with van der Waals surface area (Å²) in [6, 6.07) is 0. The molecule has 1 amide bonds. The fourth-order valence-electron chi connectivity index (χ4n) is 1.85. The minimum absolute atomic E-state index is 0.194. The first-order chi connectivity index (χ1) is 8.31. The molecular formula is C12H16N2O3S. The van der Waals surface area contributed by atoms with Crippen molar-refractivity contribution in [2.45, 2.75) is 32.7 Å². The fourth-order valence-corrected chi connectivity index (χ4v) is 2.73. The van der Waals surface area contributed by atoms with E-state index in [9.17, 15) is 9.59 Å². The van der Waals surface area contributed by atoms with E-state index in [1.807, 2.05) is 26.2 Å². The molecule has 5 nitrogen and oxygen atoms in total. The molecule has 0 radical (unpaired) electrons. The SMILES string of the molecule is Cc1csc(C(C)(C)NC(=O)[C@@H]2C[C@H]2C(=O)O)n1. The number of carbonyl (C=O) groups excluding carboxylic acids is 1. The Morgan fingerprint density at radius 3 is 2.61 bits per heavy atom. The zero-order valence-electron chi connectivity index (χ0n) is 10.6. The lowest BCUT2D eigenvalue weighted by atomic mass is 10.1. The average Bonchev–Trinajstić information content (AvgIpc) is 2.94. The third-order valence-corrected chi connectivity index (χ3v) is 4.32. The normalized spacial score (nSPS) is 22.6. The lowest BCUT2D eigenvalue weighted by molar-refractivity contribution is -0.140. The average molecular weight is 268 g/mol. The minimum atomic E-state index is -0.891. The van der Waals surface area contributed by atoms with E-state index >= 15 is 0 Å². The number of carboxylic acids is 1. The number of aromatic nitrogens is 1. The first-order valence-corrected chi connectivity index (χ1v) is 6.66. The smallest absolute Gasteiger partial charge is 0.307 e. The summed E-state index contributed by atoms with van der Waals surface area (Å²) in [5.41, 5.74) is 0.369. The second kappa shape index (κ2) is 4.35. The Balaban J connectivity index is 2.01. The van der Waals surface area contributed by atoms with E-state index in [1.165, 1.54) is 11.3 Å². The summed E-state index contributed by atoms with van der Waals surface area (Å²) >= 11 is 1.50. The third-order valence-electron chi connectivity index (χ3n) is 3.03. The molecule has 1 saturated carbocycles. The number of hydrogen-bond donors (Lipinski definition) is 2. The van der Waals surface area contributed by atoms with Crippen LogP contribution >= 0.6 is 11.3 Å². The van der Waals surface area contributed by atoms with Crippen molar-refractivity contribution in [2.24, 2.45) is 11.8 Å². The molecule has 2 atom stereocenters. The lowest BCUT2D eigenvalue weighted by Gasteiger charge is -2.23. The predicted molar refractivity (Wildman–Crippen MR) is 67.3 cm³/mol. The lowest BCUT2D eigenvalue weighted by Crippen LogP contribution is -2.42. The molecule has 98 valence electrons. The van der Waals surface area contributed by atoms with E-state index in [0.29, 0.717) is 6.42 Å². The topological polar surface area (TPSA) is 79.3 Å². The number of carboxylic acid groups (broad SMARTS) is 1. The van der Waals surface area contributed by atoms with Crippen LogP contribution in [-0.2, 0) is 15.1 Å². The van der Waals surface area contributed by atoms with Gasteiger partial charge >= 0.3 is 5.97 Å². The zero-order valence-corrected chi connectivity index (χ0v) is 11.4. The molecule has 1 aliphatic carbocycles. The van der Waals surface area contributed by atoms with Crippen LogP contribution in [0.3, 0.4) is 0 Å². The third kappa shape index (κ3) is 2.53. The minimum Gasteiger partial charge on any atom is -0.481 e. The van der Waals surface area contributed by atoms with Gasteiger partial charge in [0.2, 0.25) is 5.91 Å². The van der Waals surface area contributed by atoms with Gasteiger partial charge in [-0.15, -0.1) is 11.3 Å². The van der Waals surface area contributed by atoms with Crippen molar-refractivity contribution in [1.82, 2.24) is 10.3 Å². The van der Waals surface area contributed by atoms with Gasteiger partial charge in [-0.1, -0.05) is 0 Å². The molecule has 1 aliphatic rings. The largest absolute Gasteiger partial charge is 0.481 e. The van der Waals surface area contributed by atoms with E-state index in [1.54, 1.807) is 0 Å². The summed E-state index contributed by atoms with van der Waals surface area (Å²) in [7, 11) is 0. The van der Waals surface area contributed by atoms with E-state index in [2.05, 4.69) is 10.3 Å². The Labute approximate surface area is 109 Å². The van der Waals surface area contributed by atoms with Gasteiger partial charge in [-0.3, -0.25) is 9.59 Å². The highest BCUT2D eigenvalue weighted by atomic mass is 32.1. The summed E-state index contributed by atoms with van der Waals surface area (Å²) in [5, 5.41) is 14.4. The van der Waals surface area contributed by atoms with E-state index in [-0.39, 0.29) is 11.8 Å². The second-order valence-corrected chi connectivity index (χ2v) is 6.05. The van der Waals surface area contributed by atoms with Crippen molar-refractivity contribution in [2.75, 3.05) is 0 Å². The van der Waals surface area contributed by atoms with Crippen LogP contribution in [0.1, 0.15) is 31.0 Å². The number of nitrogens with zero attached hydrogens (tertiary/aromatic N) is 1. The molecule has 0 spiro atoms. The van der Waals surface area contributed by atoms with Gasteiger partial charge in [0, 0.05) is 11.1 Å². The number of aliphatic carboxylic acids is 1. The van der Waals surface area contributed by atoms with Crippen molar-refractivity contribution < 1.29 is 14.7 Å². The molecule has 2 rings (SSSR count). The number of amides is 1. The van der Waals surface area contributed by atoms with E-state index in [4.69, 9.17) is 5.11 Å². The number of aryl methyl sites for hydroxylation is 1. The Bertz CT molecular complexity index is 495. The number of thiazole rings is 1. The van der Waals surface area contributed by atoms with Crippen molar-refractivity contribution in [3.8, 4) is 0 Å². The Morgan fingerprint density at radius 2 is 2.17 bits per heavy atom. The molecule has 1 aromatic heterocycles. The van der Waals surface area contributed by atoms with Crippen molar-refractivity contribution in [1.29, 1.82) is 0 Å². The van der Waals surface area contributed by atoms with Crippen LogP contribution in [0.2, 0.25) is 0 Å². The fraction of sp³-hybridized carbons (Fsp3) is 0.583. The number of hydrogen-bond acceptors (Lipinski definition) is 4. The highest BCUT2D eigenvalue weighted by Crippen LogP contribution is 2.39. The second-order valence-electron chi connectivity index (χ2n) is 5.20. The molecule has 0 aliphatic heterocycles. The van der Waals surface area contributed by atoms with E-state index in [0.717, 1.165) is 10.7 Å². The van der Waals surface area contributed by atoms with Crippen LogP contribution < -0.4 is 5.32 Å². The summed E-state index contributed by atoms with van der Waals surface area (Å²) in [5.74, 6) is -1.99. The summed E-state index contributed by atoms with van der Waals surface area (Å²) in [4.78, 5) is 27.0. The number of carbonyl (C=O) groups is 2. The molecule has 6 heteroatoms. The molecule has 1 aromatic rings. The van der Waals surface area contributed by atoms with Crippen molar-refractivity contribution in [3.63, 3.8) is 0 Å². The van der Waals surface area contributed by atoms with Gasteiger partial charge in [0.05, 0.1) is 17.4 Å². The van der Waals surface area contributed by atoms with Gasteiger partial charge in [0.25, 0.3) is 0 Å². The maximum absolute atomic E-state index is 11.9. The summed E-state index contributed by atoms with van der Waals surface area (Å²) in [6.45, 7) is 5.65. The molecule has 18 heavy (non-hydrogen) atoms. The summed E-state index contributed by atoms with van der Waals surface area (Å²) < 4.78 is 0. The molecule has 2 N–H and O–H groups in total. The number of rotatable bonds is 4. The van der Waals surface area contributed by atoms with Gasteiger partial charge in [-0.05, 0) is 27.2 Å². The molecule has 0 aromatic carbocycles. The standard InChI is InChI=1S/C12H16N2O3S/c1-6-5-18-11(13-6)12(2,3)14-9(15)7-4-8(7)10(16)17/h5,7-8H,4H2,1-3H3,(H,14,15)(H,16,17)/t7-,8-/m1/s1. The van der Waals surface area contributed by atoms with Crippen LogP contribution in [0.4, 0.5) is 0 Å². The van der Waals surface area contributed by atoms with E-state index < -0.39 is 17.4 Å². The van der Waals surface area contributed by atoms with Crippen LogP contribution in [0, 0.1) is 18.8 Å². The predicted octanol–water partition coefficient (Wildman–Crippen LogP) is 1.52. The molecule has 1 fully saturated rings. The van der Waals surface area contributed by atoms with Gasteiger partial charge in [-0.2, -0.15) is 0 Å². The quantitative estimate of drug-likeness (QED) is 0.867. The summed E-state index contributed by atoms with van der Waals surface area (Å²) in [6.07, 6.45) is 0.439. The Morgan fingerprint density at radius 1 is 1.50 bits per heavy atom. The molecule has 1 heterocycles. The first kappa shape index (κ1) is 13.0. The monoisotopic (exact) mass is 268 g/mol. The van der Waals surface area contributed by atoms with Crippen LogP contribution in [0.15, 0.2) is 5.38 Å². The van der Waals surface area contributed by atoms with Gasteiger partial charge in [0.1, 0.15) is 5.01 Å². The molecule has 0 bridgehead atoms. The van der Waals surface area contributed by atoms with Gasteiger partial charge < -0.3 is 10.4 Å². The van der Waals surface area contributed by atoms with Crippen LogP contribution in [0.5, 0.6) is 0 Å². The molecule has 0 unspecified atom stereocenters. The zero-order chi connectivity index (χ0) is 13.5. The molecule has 0 saturated heterocycles. The highest BCUT2D eigenvalue weighted by molar-refractivity contribution is 7.09. The number of nitrogens with one attached hydrogen (secondary N) is 1. The Hall–Kier alpha value is -1.43. The highest BCUT2D eigenvalue weighted by Gasteiger charge is 2.49. The Kier molecular flexibility index (Phi) is 3.14. The molecular weight excluding hydrogens is 252 g/mol. The maximum Gasteiger partial charge on any atom is 0.307 e. The van der Waals surface area contributed by atoms with Gasteiger partial charge in [0.15, 0.2) is 0 Å².